The van der Waals surface area contributed by atoms with E-state index in [4.69, 9.17) is 4.74 Å². The molecule has 0 amide bonds. The first-order valence-corrected chi connectivity index (χ1v) is 7.63. The number of carbonyl (C=O) groups is 1. The topological polar surface area (TPSA) is 26.3 Å². The molecule has 0 unspecified atom stereocenters. The van der Waals surface area contributed by atoms with Crippen molar-refractivity contribution in [2.24, 2.45) is 0 Å². The van der Waals surface area contributed by atoms with E-state index in [1.165, 1.54) is 24.8 Å². The largest absolute Gasteiger partial charge is 0.463 e. The summed E-state index contributed by atoms with van der Waals surface area (Å²) < 4.78 is 4.91. The molecular formula is C18H26O2. The summed E-state index contributed by atoms with van der Waals surface area (Å²) in [5.41, 5.74) is 2.03. The van der Waals surface area contributed by atoms with Crippen LogP contribution in [0.3, 0.4) is 0 Å². The minimum Gasteiger partial charge on any atom is -0.463 e. The van der Waals surface area contributed by atoms with E-state index >= 15 is 0 Å². The Morgan fingerprint density at radius 3 is 2.40 bits per heavy atom. The first-order valence-electron chi connectivity index (χ1n) is 7.63. The monoisotopic (exact) mass is 274 g/mol. The van der Waals surface area contributed by atoms with Crippen LogP contribution in [0.1, 0.15) is 51.0 Å². The van der Waals surface area contributed by atoms with E-state index in [1.54, 1.807) is 0 Å². The van der Waals surface area contributed by atoms with Crippen LogP contribution in [0.5, 0.6) is 0 Å². The van der Waals surface area contributed by atoms with Crippen molar-refractivity contribution in [3.05, 3.63) is 48.0 Å². The highest BCUT2D eigenvalue weighted by atomic mass is 16.5. The van der Waals surface area contributed by atoms with Gasteiger partial charge in [-0.2, -0.15) is 0 Å². The maximum atomic E-state index is 11.3. The molecule has 0 heterocycles. The Morgan fingerprint density at radius 2 is 1.70 bits per heavy atom. The second-order valence-electron chi connectivity index (χ2n) is 5.08. The van der Waals surface area contributed by atoms with E-state index in [0.29, 0.717) is 12.2 Å². The molecule has 0 atom stereocenters. The molecule has 0 radical (unpaired) electrons. The summed E-state index contributed by atoms with van der Waals surface area (Å²) in [6.45, 7) is 6.02. The van der Waals surface area contributed by atoms with Crippen molar-refractivity contribution in [2.45, 2.75) is 51.9 Å². The Labute approximate surface area is 122 Å². The lowest BCUT2D eigenvalue weighted by atomic mass is 10.0. The first-order chi connectivity index (χ1) is 9.74. The molecule has 0 aromatic heterocycles. The van der Waals surface area contributed by atoms with E-state index < -0.39 is 0 Å². The van der Waals surface area contributed by atoms with Crippen LogP contribution in [-0.2, 0) is 16.0 Å². The first kappa shape index (κ1) is 16.5. The molecule has 1 aromatic carbocycles. The molecule has 1 rings (SSSR count). The summed E-state index contributed by atoms with van der Waals surface area (Å²) in [5.74, 6) is -0.239. The maximum Gasteiger partial charge on any atom is 0.333 e. The summed E-state index contributed by atoms with van der Waals surface area (Å²) in [7, 11) is 0. The highest BCUT2D eigenvalue weighted by Crippen LogP contribution is 2.12. The molecular weight excluding hydrogens is 248 g/mol. The lowest BCUT2D eigenvalue weighted by Crippen LogP contribution is -2.06. The number of hydrogen-bond acceptors (Lipinski definition) is 2. The van der Waals surface area contributed by atoms with Crippen molar-refractivity contribution in [1.29, 1.82) is 0 Å². The molecule has 2 heteroatoms. The molecule has 1 aromatic rings. The highest BCUT2D eigenvalue weighted by Gasteiger charge is 2.06. The molecule has 0 fully saturated rings. The zero-order chi connectivity index (χ0) is 14.6. The van der Waals surface area contributed by atoms with E-state index in [2.05, 4.69) is 36.9 Å². The Balaban J connectivity index is 1.97. The predicted octanol–water partition coefficient (Wildman–Crippen LogP) is 4.69. The van der Waals surface area contributed by atoms with Gasteiger partial charge in [0.05, 0.1) is 6.61 Å². The third-order valence-corrected chi connectivity index (χ3v) is 3.35. The zero-order valence-corrected chi connectivity index (χ0v) is 12.6. The normalized spacial score (nSPS) is 10.2. The van der Waals surface area contributed by atoms with Crippen LogP contribution in [-0.4, -0.2) is 12.6 Å². The molecule has 0 aliphatic heterocycles. The smallest absolute Gasteiger partial charge is 0.333 e. The van der Waals surface area contributed by atoms with Crippen molar-refractivity contribution < 1.29 is 9.53 Å². The second kappa shape index (κ2) is 10.2. The van der Waals surface area contributed by atoms with Gasteiger partial charge >= 0.3 is 5.97 Å². The van der Waals surface area contributed by atoms with Crippen molar-refractivity contribution >= 4 is 5.97 Å². The molecule has 0 aliphatic rings. The van der Waals surface area contributed by atoms with Crippen molar-refractivity contribution in [1.82, 2.24) is 0 Å². The number of esters is 1. The van der Waals surface area contributed by atoms with Gasteiger partial charge in [-0.25, -0.2) is 4.79 Å². The van der Waals surface area contributed by atoms with Crippen LogP contribution in [0.4, 0.5) is 0 Å². The molecule has 0 bridgehead atoms. The van der Waals surface area contributed by atoms with Gasteiger partial charge in [0.15, 0.2) is 0 Å². The van der Waals surface area contributed by atoms with E-state index in [0.717, 1.165) is 25.7 Å². The lowest BCUT2D eigenvalue weighted by molar-refractivity contribution is -0.138. The summed E-state index contributed by atoms with van der Waals surface area (Å²) in [5, 5.41) is 0. The molecule has 0 N–H and O–H groups in total. The maximum absolute atomic E-state index is 11.3. The standard InChI is InChI=1S/C18H26O2/c1-3-20-18(19)16(2)12-8-5-4-6-9-13-17-14-10-7-11-15-17/h7,10-11,14-15H,2-6,8-9,12-13H2,1H3. The van der Waals surface area contributed by atoms with Gasteiger partial charge in [-0.1, -0.05) is 56.2 Å². The van der Waals surface area contributed by atoms with Crippen LogP contribution in [0.25, 0.3) is 0 Å². The summed E-state index contributed by atoms with van der Waals surface area (Å²) in [4.78, 5) is 11.3. The van der Waals surface area contributed by atoms with Gasteiger partial charge in [0.25, 0.3) is 0 Å². The highest BCUT2D eigenvalue weighted by molar-refractivity contribution is 5.87. The zero-order valence-electron chi connectivity index (χ0n) is 12.6. The SMILES string of the molecule is C=C(CCCCCCCc1ccccc1)C(=O)OCC. The molecule has 0 spiro atoms. The van der Waals surface area contributed by atoms with Crippen LogP contribution >= 0.6 is 0 Å². The van der Waals surface area contributed by atoms with E-state index in [-0.39, 0.29) is 5.97 Å². The van der Waals surface area contributed by atoms with Crippen LogP contribution in [0.15, 0.2) is 42.5 Å². The van der Waals surface area contributed by atoms with E-state index in [9.17, 15) is 4.79 Å². The van der Waals surface area contributed by atoms with Crippen LogP contribution < -0.4 is 0 Å². The minimum absolute atomic E-state index is 0.239. The molecule has 0 saturated carbocycles. The summed E-state index contributed by atoms with van der Waals surface area (Å²) in [6, 6.07) is 10.6. The van der Waals surface area contributed by atoms with Gasteiger partial charge in [-0.3, -0.25) is 0 Å². The number of unbranched alkanes of at least 4 members (excludes halogenated alkanes) is 4. The lowest BCUT2D eigenvalue weighted by Gasteiger charge is -2.05. The molecule has 0 aliphatic carbocycles. The van der Waals surface area contributed by atoms with Gasteiger partial charge in [0.1, 0.15) is 0 Å². The fourth-order valence-electron chi connectivity index (χ4n) is 2.18. The second-order valence-corrected chi connectivity index (χ2v) is 5.08. The Hall–Kier alpha value is -1.57. The fraction of sp³-hybridized carbons (Fsp3) is 0.500. The summed E-state index contributed by atoms with van der Waals surface area (Å²) >= 11 is 0. The number of ether oxygens (including phenoxy) is 1. The summed E-state index contributed by atoms with van der Waals surface area (Å²) in [6.07, 6.45) is 7.83. The third kappa shape index (κ3) is 7.13. The average molecular weight is 274 g/mol. The Morgan fingerprint density at radius 1 is 1.05 bits per heavy atom. The van der Waals surface area contributed by atoms with Gasteiger partial charge in [-0.05, 0) is 38.2 Å². The molecule has 0 saturated heterocycles. The Bertz CT molecular complexity index is 395. The number of hydrogen-bond donors (Lipinski definition) is 0. The number of carbonyl (C=O) groups excluding carboxylic acids is 1. The number of aryl methyl sites for hydroxylation is 1. The fourth-order valence-corrected chi connectivity index (χ4v) is 2.18. The van der Waals surface area contributed by atoms with Crippen molar-refractivity contribution in [3.8, 4) is 0 Å². The van der Waals surface area contributed by atoms with Gasteiger partial charge in [0.2, 0.25) is 0 Å². The molecule has 20 heavy (non-hydrogen) atoms. The van der Waals surface area contributed by atoms with Gasteiger partial charge in [-0.15, -0.1) is 0 Å². The number of rotatable bonds is 10. The van der Waals surface area contributed by atoms with Crippen molar-refractivity contribution in [3.63, 3.8) is 0 Å². The quantitative estimate of drug-likeness (QED) is 0.351. The third-order valence-electron chi connectivity index (χ3n) is 3.35. The van der Waals surface area contributed by atoms with Gasteiger partial charge < -0.3 is 4.74 Å². The predicted molar refractivity (Wildman–Crippen MR) is 83.6 cm³/mol. The van der Waals surface area contributed by atoms with Gasteiger partial charge in [0, 0.05) is 5.57 Å². The van der Waals surface area contributed by atoms with E-state index in [1.807, 2.05) is 6.92 Å². The average Bonchev–Trinajstić information content (AvgIpc) is 2.47. The van der Waals surface area contributed by atoms with Crippen molar-refractivity contribution in [2.75, 3.05) is 6.61 Å². The minimum atomic E-state index is -0.239. The number of benzene rings is 1. The molecule has 2 nitrogen and oxygen atoms in total. The molecule has 110 valence electrons. The van der Waals surface area contributed by atoms with Crippen LogP contribution in [0.2, 0.25) is 0 Å². The van der Waals surface area contributed by atoms with Crippen LogP contribution in [0, 0.1) is 0 Å². The Kier molecular flexibility index (Phi) is 8.44.